The normalized spacial score (nSPS) is 14.1. The molecule has 2 N–H and O–H groups in total. The summed E-state index contributed by atoms with van der Waals surface area (Å²) >= 11 is 0. The smallest absolute Gasteiger partial charge is 0.254 e. The lowest BCUT2D eigenvalue weighted by Crippen LogP contribution is -2.51. The molecule has 0 radical (unpaired) electrons. The standard InChI is InChI=1S/C25H19F3N2O2/c26-18-4-1-14(2-5-18)22-9-16(7-17-8-20(11-29)32-24(17)22)21-6-3-15(10-23(21)28)25(31)30-12-19(27)13-30/h1-10,19H,11-13,29H2. The van der Waals surface area contributed by atoms with E-state index < -0.39 is 17.9 Å². The molecule has 32 heavy (non-hydrogen) atoms. The molecule has 4 aromatic rings. The number of fused-ring (bicyclic) bond motifs is 1. The highest BCUT2D eigenvalue weighted by Crippen LogP contribution is 2.37. The van der Waals surface area contributed by atoms with E-state index >= 15 is 4.39 Å². The van der Waals surface area contributed by atoms with Crippen LogP contribution in [0.4, 0.5) is 13.2 Å². The van der Waals surface area contributed by atoms with Crippen LogP contribution in [0.3, 0.4) is 0 Å². The minimum absolute atomic E-state index is 0.0316. The first-order chi connectivity index (χ1) is 15.4. The number of halogens is 3. The molecule has 0 unspecified atom stereocenters. The van der Waals surface area contributed by atoms with Gasteiger partial charge in [-0.2, -0.15) is 0 Å². The fourth-order valence-electron chi connectivity index (χ4n) is 3.96. The summed E-state index contributed by atoms with van der Waals surface area (Å²) in [6, 6.07) is 15.5. The molecule has 1 aromatic heterocycles. The molecule has 1 fully saturated rings. The van der Waals surface area contributed by atoms with Gasteiger partial charge in [0.1, 0.15) is 29.1 Å². The molecule has 5 rings (SSSR count). The molecule has 3 aromatic carbocycles. The molecule has 1 aliphatic rings. The topological polar surface area (TPSA) is 59.5 Å². The molecule has 2 heterocycles. The highest BCUT2D eigenvalue weighted by Gasteiger charge is 2.31. The zero-order valence-electron chi connectivity index (χ0n) is 16.9. The number of hydrogen-bond donors (Lipinski definition) is 1. The van der Waals surface area contributed by atoms with E-state index in [9.17, 15) is 13.6 Å². The lowest BCUT2D eigenvalue weighted by molar-refractivity contribution is 0.0400. The summed E-state index contributed by atoms with van der Waals surface area (Å²) < 4.78 is 47.4. The van der Waals surface area contributed by atoms with Crippen LogP contribution in [-0.4, -0.2) is 30.1 Å². The van der Waals surface area contributed by atoms with Crippen molar-refractivity contribution in [1.29, 1.82) is 0 Å². The Kier molecular flexibility index (Phi) is 4.98. The number of likely N-dealkylation sites (tertiary alicyclic amines) is 1. The van der Waals surface area contributed by atoms with Crippen molar-refractivity contribution in [3.63, 3.8) is 0 Å². The molecular weight excluding hydrogens is 417 g/mol. The molecule has 1 amide bonds. The molecule has 1 saturated heterocycles. The first-order valence-corrected chi connectivity index (χ1v) is 10.2. The van der Waals surface area contributed by atoms with Crippen molar-refractivity contribution in [1.82, 2.24) is 4.90 Å². The summed E-state index contributed by atoms with van der Waals surface area (Å²) in [4.78, 5) is 13.7. The van der Waals surface area contributed by atoms with E-state index in [2.05, 4.69) is 0 Å². The number of carbonyl (C=O) groups excluding carboxylic acids is 1. The third kappa shape index (κ3) is 3.54. The predicted molar refractivity (Wildman–Crippen MR) is 116 cm³/mol. The van der Waals surface area contributed by atoms with E-state index in [0.717, 1.165) is 5.39 Å². The third-order valence-electron chi connectivity index (χ3n) is 5.67. The number of alkyl halides is 1. The number of nitrogens with zero attached hydrogens (tertiary/aromatic N) is 1. The van der Waals surface area contributed by atoms with Crippen LogP contribution in [0.15, 0.2) is 65.1 Å². The zero-order valence-corrected chi connectivity index (χ0v) is 16.9. The van der Waals surface area contributed by atoms with Crippen molar-refractivity contribution in [2.75, 3.05) is 13.1 Å². The largest absolute Gasteiger partial charge is 0.459 e. The average molecular weight is 436 g/mol. The molecule has 0 spiro atoms. The van der Waals surface area contributed by atoms with Crippen molar-refractivity contribution in [2.45, 2.75) is 12.7 Å². The van der Waals surface area contributed by atoms with Crippen LogP contribution in [0, 0.1) is 11.6 Å². The molecule has 0 atom stereocenters. The molecule has 4 nitrogen and oxygen atoms in total. The Morgan fingerprint density at radius 1 is 0.969 bits per heavy atom. The van der Waals surface area contributed by atoms with Gasteiger partial charge >= 0.3 is 0 Å². The number of nitrogens with two attached hydrogens (primary N) is 1. The highest BCUT2D eigenvalue weighted by molar-refractivity contribution is 5.98. The van der Waals surface area contributed by atoms with E-state index in [1.165, 1.54) is 35.2 Å². The van der Waals surface area contributed by atoms with Gasteiger partial charge in [0, 0.05) is 22.1 Å². The Hall–Kier alpha value is -3.58. The van der Waals surface area contributed by atoms with Crippen LogP contribution in [0.2, 0.25) is 0 Å². The Morgan fingerprint density at radius 3 is 2.38 bits per heavy atom. The van der Waals surface area contributed by atoms with E-state index in [4.69, 9.17) is 10.2 Å². The fourth-order valence-corrected chi connectivity index (χ4v) is 3.96. The van der Waals surface area contributed by atoms with Gasteiger partial charge in [-0.3, -0.25) is 4.79 Å². The van der Waals surface area contributed by atoms with E-state index in [-0.39, 0.29) is 31.0 Å². The van der Waals surface area contributed by atoms with Crippen molar-refractivity contribution >= 4 is 16.9 Å². The van der Waals surface area contributed by atoms with Crippen LogP contribution in [0.1, 0.15) is 16.1 Å². The summed E-state index contributed by atoms with van der Waals surface area (Å²) in [6.07, 6.45) is -1.02. The molecule has 0 saturated carbocycles. The Labute approximate surface area is 182 Å². The number of amides is 1. The zero-order chi connectivity index (χ0) is 22.4. The lowest BCUT2D eigenvalue weighted by Gasteiger charge is -2.34. The lowest BCUT2D eigenvalue weighted by atomic mass is 9.95. The van der Waals surface area contributed by atoms with Crippen LogP contribution < -0.4 is 5.73 Å². The number of benzene rings is 3. The maximum absolute atomic E-state index is 15.1. The summed E-state index contributed by atoms with van der Waals surface area (Å²) in [5.74, 6) is -0.757. The van der Waals surface area contributed by atoms with E-state index in [1.54, 1.807) is 30.3 Å². The monoisotopic (exact) mass is 436 g/mol. The second-order valence-corrected chi connectivity index (χ2v) is 7.87. The second-order valence-electron chi connectivity index (χ2n) is 7.87. The van der Waals surface area contributed by atoms with Crippen LogP contribution in [-0.2, 0) is 6.54 Å². The summed E-state index contributed by atoms with van der Waals surface area (Å²) in [5.41, 5.74) is 8.73. The molecule has 7 heteroatoms. The second kappa shape index (κ2) is 7.84. The summed E-state index contributed by atoms with van der Waals surface area (Å²) in [5, 5.41) is 0.733. The fraction of sp³-hybridized carbons (Fsp3) is 0.160. The summed E-state index contributed by atoms with van der Waals surface area (Å²) in [6.45, 7) is 0.266. The van der Waals surface area contributed by atoms with Gasteiger partial charge in [-0.15, -0.1) is 0 Å². The maximum Gasteiger partial charge on any atom is 0.254 e. The van der Waals surface area contributed by atoms with Crippen LogP contribution in [0.5, 0.6) is 0 Å². The van der Waals surface area contributed by atoms with Crippen molar-refractivity contribution in [3.8, 4) is 22.3 Å². The van der Waals surface area contributed by atoms with Gasteiger partial charge in [0.2, 0.25) is 0 Å². The summed E-state index contributed by atoms with van der Waals surface area (Å²) in [7, 11) is 0. The van der Waals surface area contributed by atoms with Gasteiger partial charge in [-0.25, -0.2) is 13.2 Å². The minimum Gasteiger partial charge on any atom is -0.459 e. The first kappa shape index (κ1) is 20.3. The Morgan fingerprint density at radius 2 is 1.72 bits per heavy atom. The highest BCUT2D eigenvalue weighted by atomic mass is 19.1. The van der Waals surface area contributed by atoms with Crippen molar-refractivity contribution in [3.05, 3.63) is 83.6 Å². The van der Waals surface area contributed by atoms with E-state index in [0.29, 0.717) is 33.6 Å². The minimum atomic E-state index is -1.02. The number of rotatable bonds is 4. The van der Waals surface area contributed by atoms with Crippen LogP contribution >= 0.6 is 0 Å². The Bertz CT molecular complexity index is 1330. The Balaban J connectivity index is 1.59. The van der Waals surface area contributed by atoms with Crippen molar-refractivity contribution < 1.29 is 22.4 Å². The van der Waals surface area contributed by atoms with Crippen LogP contribution in [0.25, 0.3) is 33.2 Å². The molecular formula is C25H19F3N2O2. The third-order valence-corrected chi connectivity index (χ3v) is 5.67. The van der Waals surface area contributed by atoms with Gasteiger partial charge in [0.15, 0.2) is 0 Å². The van der Waals surface area contributed by atoms with Gasteiger partial charge in [0.25, 0.3) is 5.91 Å². The molecule has 0 aliphatic carbocycles. The van der Waals surface area contributed by atoms with Gasteiger partial charge in [-0.05, 0) is 53.6 Å². The molecule has 0 bridgehead atoms. The van der Waals surface area contributed by atoms with Gasteiger partial charge in [0.05, 0.1) is 19.6 Å². The van der Waals surface area contributed by atoms with E-state index in [1.807, 2.05) is 0 Å². The average Bonchev–Trinajstić information content (AvgIpc) is 3.20. The maximum atomic E-state index is 15.1. The van der Waals surface area contributed by atoms with Gasteiger partial charge in [-0.1, -0.05) is 18.2 Å². The first-order valence-electron chi connectivity index (χ1n) is 10.2. The molecule has 162 valence electrons. The number of hydrogen-bond acceptors (Lipinski definition) is 3. The number of furan rings is 1. The quantitative estimate of drug-likeness (QED) is 0.473. The predicted octanol–water partition coefficient (Wildman–Crippen LogP) is 5.30. The SMILES string of the molecule is NCc1cc2cc(-c3ccc(C(=O)N4CC(F)C4)cc3F)cc(-c3ccc(F)cc3)c2o1. The number of carbonyl (C=O) groups is 1. The van der Waals surface area contributed by atoms with Crippen molar-refractivity contribution in [2.24, 2.45) is 5.73 Å². The van der Waals surface area contributed by atoms with Gasteiger partial charge < -0.3 is 15.1 Å². The molecule has 1 aliphatic heterocycles.